The number of imidazole rings is 1. The highest BCUT2D eigenvalue weighted by molar-refractivity contribution is 5.94. The summed E-state index contributed by atoms with van der Waals surface area (Å²) in [6.07, 6.45) is 11.5. The van der Waals surface area contributed by atoms with Gasteiger partial charge in [0.05, 0.1) is 6.54 Å². The highest BCUT2D eigenvalue weighted by atomic mass is 16.5. The molecule has 1 amide bonds. The standard InChI is InChI=1S/C21H23N7O2/c1-15-12-24-20(25-13-15)27-9-4-21(5-10-27)19-23-8-11-28(19)14-17(30-21)18(29)26-16-2-6-22-7-3-16/h2-3,6-8,11-13,17H,4-5,9-10,14H2,1H3,(H,22,26,29). The van der Waals surface area contributed by atoms with Gasteiger partial charge in [0.2, 0.25) is 5.95 Å². The molecule has 1 fully saturated rings. The van der Waals surface area contributed by atoms with Gasteiger partial charge in [-0.1, -0.05) is 0 Å². The fourth-order valence-corrected chi connectivity index (χ4v) is 4.15. The van der Waals surface area contributed by atoms with Crippen LogP contribution in [-0.4, -0.2) is 49.6 Å². The van der Waals surface area contributed by atoms with Crippen molar-refractivity contribution in [2.75, 3.05) is 23.3 Å². The Morgan fingerprint density at radius 1 is 1.13 bits per heavy atom. The van der Waals surface area contributed by atoms with Gasteiger partial charge in [-0.05, 0) is 24.6 Å². The van der Waals surface area contributed by atoms with Crippen LogP contribution in [0.3, 0.4) is 0 Å². The third-order valence-corrected chi connectivity index (χ3v) is 5.71. The summed E-state index contributed by atoms with van der Waals surface area (Å²) in [5.41, 5.74) is 1.15. The van der Waals surface area contributed by atoms with E-state index >= 15 is 0 Å². The maximum atomic E-state index is 12.9. The molecule has 9 nitrogen and oxygen atoms in total. The van der Waals surface area contributed by atoms with Crippen LogP contribution >= 0.6 is 0 Å². The molecular weight excluding hydrogens is 382 g/mol. The number of rotatable bonds is 3. The number of amides is 1. The van der Waals surface area contributed by atoms with E-state index in [9.17, 15) is 4.79 Å². The summed E-state index contributed by atoms with van der Waals surface area (Å²) in [5, 5.41) is 2.93. The molecule has 5 rings (SSSR count). The summed E-state index contributed by atoms with van der Waals surface area (Å²) < 4.78 is 8.50. The molecule has 0 aliphatic carbocycles. The van der Waals surface area contributed by atoms with Crippen LogP contribution in [0.4, 0.5) is 11.6 Å². The zero-order valence-corrected chi connectivity index (χ0v) is 16.7. The smallest absolute Gasteiger partial charge is 0.255 e. The number of hydrogen-bond donors (Lipinski definition) is 1. The van der Waals surface area contributed by atoms with Crippen molar-refractivity contribution >= 4 is 17.5 Å². The van der Waals surface area contributed by atoms with Gasteiger partial charge in [0.15, 0.2) is 6.10 Å². The number of nitrogens with one attached hydrogen (secondary N) is 1. The van der Waals surface area contributed by atoms with Gasteiger partial charge in [0, 0.05) is 68.8 Å². The van der Waals surface area contributed by atoms with Gasteiger partial charge in [-0.3, -0.25) is 9.78 Å². The molecular formula is C21H23N7O2. The summed E-state index contributed by atoms with van der Waals surface area (Å²) in [4.78, 5) is 32.5. The topological polar surface area (TPSA) is 98.1 Å². The molecule has 9 heteroatoms. The fraction of sp³-hybridized carbons (Fsp3) is 0.381. The Labute approximate surface area is 174 Å². The molecule has 1 atom stereocenters. The summed E-state index contributed by atoms with van der Waals surface area (Å²) >= 11 is 0. The molecule has 2 aliphatic rings. The molecule has 2 aliphatic heterocycles. The molecule has 3 aromatic heterocycles. The Balaban J connectivity index is 1.34. The Morgan fingerprint density at radius 2 is 1.87 bits per heavy atom. The number of fused-ring (bicyclic) bond motifs is 2. The van der Waals surface area contributed by atoms with Gasteiger partial charge in [-0.25, -0.2) is 15.0 Å². The van der Waals surface area contributed by atoms with Crippen LogP contribution in [-0.2, 0) is 21.7 Å². The van der Waals surface area contributed by atoms with E-state index in [-0.39, 0.29) is 5.91 Å². The number of aryl methyl sites for hydroxylation is 1. The van der Waals surface area contributed by atoms with Gasteiger partial charge in [0.1, 0.15) is 11.4 Å². The maximum absolute atomic E-state index is 12.9. The molecule has 1 unspecified atom stereocenters. The average Bonchev–Trinajstić information content (AvgIpc) is 3.26. The normalized spacial score (nSPS) is 20.0. The average molecular weight is 405 g/mol. The number of carbonyl (C=O) groups excluding carboxylic acids is 1. The second kappa shape index (κ2) is 7.49. The molecule has 154 valence electrons. The first-order chi connectivity index (χ1) is 14.6. The minimum atomic E-state index is -0.595. The quantitative estimate of drug-likeness (QED) is 0.711. The molecule has 1 saturated heterocycles. The first-order valence-electron chi connectivity index (χ1n) is 10.1. The Bertz CT molecular complexity index is 1030. The van der Waals surface area contributed by atoms with E-state index in [1.54, 1.807) is 30.7 Å². The van der Waals surface area contributed by atoms with Crippen molar-refractivity contribution in [1.82, 2.24) is 24.5 Å². The number of aromatic nitrogens is 5. The summed E-state index contributed by atoms with van der Waals surface area (Å²) in [5.74, 6) is 1.45. The van der Waals surface area contributed by atoms with Gasteiger partial charge in [0.25, 0.3) is 5.91 Å². The van der Waals surface area contributed by atoms with E-state index in [1.165, 1.54) is 0 Å². The maximum Gasteiger partial charge on any atom is 0.255 e. The van der Waals surface area contributed by atoms with E-state index in [1.807, 2.05) is 30.1 Å². The third kappa shape index (κ3) is 3.41. The summed E-state index contributed by atoms with van der Waals surface area (Å²) in [7, 11) is 0. The van der Waals surface area contributed by atoms with Gasteiger partial charge >= 0.3 is 0 Å². The summed E-state index contributed by atoms with van der Waals surface area (Å²) in [6.45, 7) is 3.88. The Hall–Kier alpha value is -3.33. The Morgan fingerprint density at radius 3 is 2.60 bits per heavy atom. The monoisotopic (exact) mass is 405 g/mol. The predicted molar refractivity (Wildman–Crippen MR) is 110 cm³/mol. The SMILES string of the molecule is Cc1cnc(N2CCC3(CC2)OC(C(=O)Nc2ccncc2)Cn2ccnc23)nc1. The second-order valence-corrected chi connectivity index (χ2v) is 7.78. The lowest BCUT2D eigenvalue weighted by Crippen LogP contribution is -2.53. The van der Waals surface area contributed by atoms with Crippen molar-refractivity contribution in [2.24, 2.45) is 0 Å². The van der Waals surface area contributed by atoms with Gasteiger partial charge in [-0.2, -0.15) is 0 Å². The predicted octanol–water partition coefficient (Wildman–Crippen LogP) is 1.91. The second-order valence-electron chi connectivity index (χ2n) is 7.78. The first-order valence-corrected chi connectivity index (χ1v) is 10.1. The van der Waals surface area contributed by atoms with Gasteiger partial charge < -0.3 is 19.5 Å². The van der Waals surface area contributed by atoms with E-state index in [4.69, 9.17) is 4.74 Å². The van der Waals surface area contributed by atoms with Crippen molar-refractivity contribution in [3.8, 4) is 0 Å². The van der Waals surface area contributed by atoms with Crippen LogP contribution in [0.1, 0.15) is 24.2 Å². The lowest BCUT2D eigenvalue weighted by atomic mass is 9.88. The zero-order chi connectivity index (χ0) is 20.6. The summed E-state index contributed by atoms with van der Waals surface area (Å²) in [6, 6.07) is 3.53. The van der Waals surface area contributed by atoms with E-state index in [0.29, 0.717) is 25.1 Å². The number of carbonyl (C=O) groups is 1. The van der Waals surface area contributed by atoms with Crippen LogP contribution < -0.4 is 10.2 Å². The van der Waals surface area contributed by atoms with Crippen LogP contribution in [0.5, 0.6) is 0 Å². The van der Waals surface area contributed by atoms with Crippen LogP contribution in [0.15, 0.2) is 49.3 Å². The number of nitrogens with zero attached hydrogens (tertiary/aromatic N) is 6. The molecule has 0 saturated carbocycles. The minimum Gasteiger partial charge on any atom is -0.352 e. The van der Waals surface area contributed by atoms with Crippen LogP contribution in [0, 0.1) is 6.92 Å². The molecule has 3 aromatic rings. The fourth-order valence-electron chi connectivity index (χ4n) is 4.15. The molecule has 0 radical (unpaired) electrons. The lowest BCUT2D eigenvalue weighted by molar-refractivity contribution is -0.162. The van der Waals surface area contributed by atoms with Crippen LogP contribution in [0.2, 0.25) is 0 Å². The van der Waals surface area contributed by atoms with Crippen molar-refractivity contribution < 1.29 is 9.53 Å². The van der Waals surface area contributed by atoms with Gasteiger partial charge in [-0.15, -0.1) is 0 Å². The number of hydrogen-bond acceptors (Lipinski definition) is 7. The molecule has 0 bridgehead atoms. The van der Waals surface area contributed by atoms with E-state index in [0.717, 1.165) is 30.4 Å². The molecule has 30 heavy (non-hydrogen) atoms. The third-order valence-electron chi connectivity index (χ3n) is 5.71. The highest BCUT2D eigenvalue weighted by Gasteiger charge is 2.47. The van der Waals surface area contributed by atoms with Crippen molar-refractivity contribution in [3.05, 3.63) is 60.7 Å². The molecule has 0 aromatic carbocycles. The van der Waals surface area contributed by atoms with E-state index < -0.39 is 11.7 Å². The minimum absolute atomic E-state index is 0.163. The number of piperidine rings is 1. The molecule has 1 spiro atoms. The number of ether oxygens (including phenoxy) is 1. The van der Waals surface area contributed by atoms with Crippen molar-refractivity contribution in [2.45, 2.75) is 38.0 Å². The number of anilines is 2. The Kier molecular flexibility index (Phi) is 4.66. The van der Waals surface area contributed by atoms with Crippen molar-refractivity contribution in [3.63, 3.8) is 0 Å². The number of pyridine rings is 1. The van der Waals surface area contributed by atoms with E-state index in [2.05, 4.69) is 30.2 Å². The largest absolute Gasteiger partial charge is 0.352 e. The molecule has 5 heterocycles. The lowest BCUT2D eigenvalue weighted by Gasteiger charge is -2.45. The molecule has 1 N–H and O–H groups in total. The van der Waals surface area contributed by atoms with Crippen LogP contribution in [0.25, 0.3) is 0 Å². The van der Waals surface area contributed by atoms with Crippen molar-refractivity contribution in [1.29, 1.82) is 0 Å². The highest BCUT2D eigenvalue weighted by Crippen LogP contribution is 2.40. The zero-order valence-electron chi connectivity index (χ0n) is 16.7. The first kappa shape index (κ1) is 18.7.